The molecule has 3 unspecified atom stereocenters. The highest BCUT2D eigenvalue weighted by molar-refractivity contribution is 7.87. The molecule has 1 heterocycles. The van der Waals surface area contributed by atoms with Crippen LogP contribution >= 0.6 is 0 Å². The van der Waals surface area contributed by atoms with Crippen molar-refractivity contribution in [2.24, 2.45) is 0 Å². The lowest BCUT2D eigenvalue weighted by molar-refractivity contribution is -0.140. The summed E-state index contributed by atoms with van der Waals surface area (Å²) in [6, 6.07) is 3.46. The smallest absolute Gasteiger partial charge is 0.306 e. The summed E-state index contributed by atoms with van der Waals surface area (Å²) in [4.78, 5) is 23.0. The SMILES string of the molecule is COC(=O)CC(C)S(=O)C(C)C(=O)NCc1ccco1. The average molecular weight is 301 g/mol. The highest BCUT2D eigenvalue weighted by atomic mass is 32.2. The van der Waals surface area contributed by atoms with Crippen LogP contribution in [0.2, 0.25) is 0 Å². The number of methoxy groups -OCH3 is 1. The molecule has 1 aromatic rings. The summed E-state index contributed by atoms with van der Waals surface area (Å²) in [5, 5.41) is 1.50. The predicted molar refractivity (Wildman–Crippen MR) is 74.3 cm³/mol. The van der Waals surface area contributed by atoms with Crippen molar-refractivity contribution in [3.05, 3.63) is 24.2 Å². The van der Waals surface area contributed by atoms with E-state index in [1.165, 1.54) is 13.4 Å². The summed E-state index contributed by atoms with van der Waals surface area (Å²) in [6.07, 6.45) is 1.54. The molecule has 3 atom stereocenters. The number of carbonyl (C=O) groups excluding carboxylic acids is 2. The molecule has 0 spiro atoms. The first-order valence-corrected chi connectivity index (χ1v) is 7.49. The Labute approximate surface area is 120 Å². The number of hydrogen-bond donors (Lipinski definition) is 1. The molecule has 1 rings (SSSR count). The third kappa shape index (κ3) is 4.80. The van der Waals surface area contributed by atoms with Crippen LogP contribution in [0.15, 0.2) is 22.8 Å². The van der Waals surface area contributed by atoms with Gasteiger partial charge in [-0.3, -0.25) is 13.8 Å². The summed E-state index contributed by atoms with van der Waals surface area (Å²) in [7, 11) is -0.178. The van der Waals surface area contributed by atoms with Gasteiger partial charge in [0.1, 0.15) is 11.0 Å². The largest absolute Gasteiger partial charge is 0.469 e. The van der Waals surface area contributed by atoms with Gasteiger partial charge < -0.3 is 14.5 Å². The third-order valence-electron chi connectivity index (χ3n) is 2.81. The van der Waals surface area contributed by atoms with Crippen molar-refractivity contribution < 1.29 is 23.0 Å². The van der Waals surface area contributed by atoms with E-state index in [4.69, 9.17) is 4.42 Å². The topological polar surface area (TPSA) is 85.6 Å². The van der Waals surface area contributed by atoms with Gasteiger partial charge in [0.15, 0.2) is 0 Å². The van der Waals surface area contributed by atoms with Gasteiger partial charge in [0, 0.05) is 16.0 Å². The maximum atomic E-state index is 12.1. The lowest BCUT2D eigenvalue weighted by atomic mass is 10.3. The fraction of sp³-hybridized carbons (Fsp3) is 0.538. The van der Waals surface area contributed by atoms with E-state index in [0.717, 1.165) is 0 Å². The molecule has 1 aromatic heterocycles. The van der Waals surface area contributed by atoms with Gasteiger partial charge in [-0.15, -0.1) is 0 Å². The number of nitrogens with one attached hydrogen (secondary N) is 1. The van der Waals surface area contributed by atoms with Crippen LogP contribution in [-0.4, -0.2) is 33.7 Å². The van der Waals surface area contributed by atoms with Crippen LogP contribution in [0, 0.1) is 0 Å². The molecule has 0 aliphatic carbocycles. The normalized spacial score (nSPS) is 15.2. The van der Waals surface area contributed by atoms with Gasteiger partial charge in [0.25, 0.3) is 0 Å². The van der Waals surface area contributed by atoms with Crippen LogP contribution in [0.5, 0.6) is 0 Å². The lowest BCUT2D eigenvalue weighted by Crippen LogP contribution is -2.38. The Bertz CT molecular complexity index is 471. The summed E-state index contributed by atoms with van der Waals surface area (Å²) in [5.74, 6) is -0.149. The van der Waals surface area contributed by atoms with Gasteiger partial charge in [-0.2, -0.15) is 0 Å². The molecule has 1 amide bonds. The molecule has 1 N–H and O–H groups in total. The Morgan fingerprint density at radius 2 is 2.15 bits per heavy atom. The summed E-state index contributed by atoms with van der Waals surface area (Å²) in [5.41, 5.74) is 0. The zero-order valence-electron chi connectivity index (χ0n) is 11.8. The molecule has 0 radical (unpaired) electrons. The van der Waals surface area contributed by atoms with Gasteiger partial charge in [-0.25, -0.2) is 0 Å². The fourth-order valence-electron chi connectivity index (χ4n) is 1.59. The van der Waals surface area contributed by atoms with Crippen molar-refractivity contribution in [3.8, 4) is 0 Å². The van der Waals surface area contributed by atoms with Crippen LogP contribution in [0.3, 0.4) is 0 Å². The van der Waals surface area contributed by atoms with Crippen molar-refractivity contribution in [2.75, 3.05) is 7.11 Å². The molecule has 0 aliphatic rings. The summed E-state index contributed by atoms with van der Waals surface area (Å²) in [6.45, 7) is 3.48. The van der Waals surface area contributed by atoms with Crippen molar-refractivity contribution in [1.29, 1.82) is 0 Å². The van der Waals surface area contributed by atoms with E-state index in [1.807, 2.05) is 0 Å². The Kier molecular flexibility index (Phi) is 6.44. The number of esters is 1. The Morgan fingerprint density at radius 3 is 2.70 bits per heavy atom. The minimum absolute atomic E-state index is 0.0267. The second-order valence-electron chi connectivity index (χ2n) is 4.36. The second-order valence-corrected chi connectivity index (χ2v) is 6.53. The Hall–Kier alpha value is -1.63. The standard InChI is InChI=1S/C13H19NO5S/c1-9(7-12(15)18-3)20(17)10(2)13(16)14-8-11-5-4-6-19-11/h4-6,9-10H,7-8H2,1-3H3,(H,14,16). The number of rotatable bonds is 7. The highest BCUT2D eigenvalue weighted by Crippen LogP contribution is 2.09. The molecule has 0 aromatic carbocycles. The van der Waals surface area contributed by atoms with Crippen LogP contribution in [0.4, 0.5) is 0 Å². The molecule has 7 heteroatoms. The van der Waals surface area contributed by atoms with E-state index in [1.54, 1.807) is 26.0 Å². The van der Waals surface area contributed by atoms with Crippen molar-refractivity contribution >= 4 is 22.7 Å². The van der Waals surface area contributed by atoms with Gasteiger partial charge in [0.2, 0.25) is 5.91 Å². The first-order chi connectivity index (χ1) is 9.45. The molecular weight excluding hydrogens is 282 g/mol. The first kappa shape index (κ1) is 16.4. The monoisotopic (exact) mass is 301 g/mol. The third-order valence-corrected chi connectivity index (χ3v) is 4.68. The highest BCUT2D eigenvalue weighted by Gasteiger charge is 2.26. The van der Waals surface area contributed by atoms with Gasteiger partial charge in [-0.05, 0) is 19.1 Å². The number of ether oxygens (including phenoxy) is 1. The van der Waals surface area contributed by atoms with Crippen molar-refractivity contribution in [1.82, 2.24) is 5.32 Å². The molecule has 112 valence electrons. The van der Waals surface area contributed by atoms with E-state index >= 15 is 0 Å². The molecule has 0 saturated heterocycles. The zero-order chi connectivity index (χ0) is 15.1. The van der Waals surface area contributed by atoms with Gasteiger partial charge in [0.05, 0.1) is 26.3 Å². The Balaban J connectivity index is 2.46. The molecule has 0 fully saturated rings. The zero-order valence-corrected chi connectivity index (χ0v) is 12.6. The van der Waals surface area contributed by atoms with Crippen molar-refractivity contribution in [2.45, 2.75) is 37.3 Å². The molecule has 20 heavy (non-hydrogen) atoms. The molecule has 6 nitrogen and oxygen atoms in total. The molecule has 0 bridgehead atoms. The van der Waals surface area contributed by atoms with Crippen LogP contribution in [-0.2, 0) is 31.7 Å². The second kappa shape index (κ2) is 7.84. The first-order valence-electron chi connectivity index (χ1n) is 6.22. The average Bonchev–Trinajstić information content (AvgIpc) is 2.95. The predicted octanol–water partition coefficient (Wildman–Crippen LogP) is 0.985. The molecule has 0 saturated carbocycles. The van der Waals surface area contributed by atoms with Crippen LogP contribution in [0.1, 0.15) is 26.0 Å². The van der Waals surface area contributed by atoms with Gasteiger partial charge >= 0.3 is 5.97 Å². The van der Waals surface area contributed by atoms with E-state index in [2.05, 4.69) is 10.1 Å². The van der Waals surface area contributed by atoms with E-state index < -0.39 is 27.3 Å². The van der Waals surface area contributed by atoms with E-state index in [-0.39, 0.29) is 18.9 Å². The number of amides is 1. The van der Waals surface area contributed by atoms with Gasteiger partial charge in [-0.1, -0.05) is 6.92 Å². The minimum Gasteiger partial charge on any atom is -0.469 e. The quantitative estimate of drug-likeness (QED) is 0.759. The van der Waals surface area contributed by atoms with E-state index in [9.17, 15) is 13.8 Å². The number of furan rings is 1. The number of carbonyl (C=O) groups is 2. The maximum absolute atomic E-state index is 12.1. The maximum Gasteiger partial charge on any atom is 0.306 e. The summed E-state index contributed by atoms with van der Waals surface area (Å²) >= 11 is 0. The minimum atomic E-state index is -1.45. The summed E-state index contributed by atoms with van der Waals surface area (Å²) < 4.78 is 21.7. The van der Waals surface area contributed by atoms with E-state index in [0.29, 0.717) is 5.76 Å². The lowest BCUT2D eigenvalue weighted by Gasteiger charge is -2.16. The molecule has 0 aliphatic heterocycles. The van der Waals surface area contributed by atoms with Crippen molar-refractivity contribution in [3.63, 3.8) is 0 Å². The van der Waals surface area contributed by atoms with Crippen LogP contribution < -0.4 is 5.32 Å². The van der Waals surface area contributed by atoms with Crippen LogP contribution in [0.25, 0.3) is 0 Å². The number of hydrogen-bond acceptors (Lipinski definition) is 5. The Morgan fingerprint density at radius 1 is 1.45 bits per heavy atom. The molecular formula is C13H19NO5S. The fourth-order valence-corrected chi connectivity index (χ4v) is 2.88.